The Morgan fingerprint density at radius 2 is 0.882 bits per heavy atom. The van der Waals surface area contributed by atoms with Crippen molar-refractivity contribution in [3.63, 3.8) is 0 Å². The Morgan fingerprint density at radius 1 is 0.471 bits per heavy atom. The maximum atomic E-state index is 2.11. The predicted octanol–water partition coefficient (Wildman–Crippen LogP) is 8.88. The highest BCUT2D eigenvalue weighted by Gasteiger charge is 2.34. The monoisotopic (exact) mass is 434 g/mol. The molecule has 1 spiro atoms. The van der Waals surface area contributed by atoms with Crippen LogP contribution in [0.4, 0.5) is 0 Å². The molecule has 17 heavy (non-hydrogen) atoms. The molecule has 0 atom stereocenters. The lowest BCUT2D eigenvalue weighted by Gasteiger charge is -2.34. The van der Waals surface area contributed by atoms with Crippen molar-refractivity contribution >= 4 is 110 Å². The zero-order valence-corrected chi connectivity index (χ0v) is 17.5. The molecule has 100 valence electrons. The van der Waals surface area contributed by atoms with Crippen molar-refractivity contribution in [1.29, 1.82) is 0 Å². The molecule has 11 heteroatoms. The van der Waals surface area contributed by atoms with Crippen LogP contribution in [-0.2, 0) is 0 Å². The van der Waals surface area contributed by atoms with Crippen LogP contribution in [0.25, 0.3) is 0 Å². The lowest BCUT2D eigenvalue weighted by Crippen LogP contribution is -2.21. The van der Waals surface area contributed by atoms with E-state index in [9.17, 15) is 0 Å². The molecule has 1 aliphatic heterocycles. The molecule has 1 saturated carbocycles. The SMILES string of the molecule is C1CCC2(CC1)SSSSSSSSSSS2. The fourth-order valence-corrected chi connectivity index (χ4v) is 30.7. The van der Waals surface area contributed by atoms with Crippen LogP contribution in [0.1, 0.15) is 32.1 Å². The second kappa shape index (κ2) is 10.6. The van der Waals surface area contributed by atoms with Gasteiger partial charge >= 0.3 is 0 Å². The van der Waals surface area contributed by atoms with Crippen molar-refractivity contribution in [2.45, 2.75) is 36.2 Å². The first kappa shape index (κ1) is 17.2. The van der Waals surface area contributed by atoms with Gasteiger partial charge < -0.3 is 0 Å². The first-order valence-corrected chi connectivity index (χ1v) is 18.9. The van der Waals surface area contributed by atoms with Gasteiger partial charge in [0.1, 0.15) is 0 Å². The van der Waals surface area contributed by atoms with Crippen LogP contribution in [0.3, 0.4) is 0 Å². The van der Waals surface area contributed by atoms with Crippen molar-refractivity contribution in [3.8, 4) is 0 Å². The van der Waals surface area contributed by atoms with Gasteiger partial charge in [-0.05, 0) is 101 Å². The van der Waals surface area contributed by atoms with Crippen molar-refractivity contribution in [3.05, 3.63) is 0 Å². The van der Waals surface area contributed by atoms with E-state index >= 15 is 0 Å². The molecule has 0 N–H and O–H groups in total. The van der Waals surface area contributed by atoms with E-state index in [1.165, 1.54) is 32.1 Å². The van der Waals surface area contributed by atoms with E-state index in [0.29, 0.717) is 4.08 Å². The highest BCUT2D eigenvalue weighted by Crippen LogP contribution is 2.68. The minimum atomic E-state index is 0.469. The van der Waals surface area contributed by atoms with Crippen LogP contribution < -0.4 is 0 Å². The van der Waals surface area contributed by atoms with Crippen LogP contribution in [0.15, 0.2) is 0 Å². The molecule has 0 radical (unpaired) electrons. The second-order valence-electron chi connectivity index (χ2n) is 3.25. The average Bonchev–Trinajstić information content (AvgIpc) is 2.35. The van der Waals surface area contributed by atoms with E-state index in [1.54, 1.807) is 0 Å². The molecule has 0 bridgehead atoms. The molecule has 2 aliphatic rings. The van der Waals surface area contributed by atoms with Crippen molar-refractivity contribution in [1.82, 2.24) is 0 Å². The number of hydrogen-bond donors (Lipinski definition) is 0. The highest BCUT2D eigenvalue weighted by molar-refractivity contribution is 9.54. The largest absolute Gasteiger partial charge is 0.0834 e. The minimum Gasteiger partial charge on any atom is -0.0629 e. The summed E-state index contributed by atoms with van der Waals surface area (Å²) < 4.78 is 0.469. The van der Waals surface area contributed by atoms with Crippen LogP contribution >= 0.6 is 110 Å². The maximum absolute atomic E-state index is 2.11. The van der Waals surface area contributed by atoms with Gasteiger partial charge in [-0.25, -0.2) is 0 Å². The molecule has 0 nitrogen and oxygen atoms in total. The topological polar surface area (TPSA) is 0 Å². The third-order valence-electron chi connectivity index (χ3n) is 2.21. The smallest absolute Gasteiger partial charge is 0.0629 e. The van der Waals surface area contributed by atoms with E-state index in [1.807, 2.05) is 88.4 Å². The second-order valence-corrected chi connectivity index (χ2v) is 22.3. The summed E-state index contributed by atoms with van der Waals surface area (Å²) in [5.74, 6) is 0. The van der Waals surface area contributed by atoms with Gasteiger partial charge in [0.15, 0.2) is 0 Å². The van der Waals surface area contributed by atoms with Crippen molar-refractivity contribution in [2.75, 3.05) is 0 Å². The van der Waals surface area contributed by atoms with Crippen LogP contribution in [0.5, 0.6) is 0 Å². The first-order chi connectivity index (χ1) is 8.41. The third kappa shape index (κ3) is 7.10. The van der Waals surface area contributed by atoms with Gasteiger partial charge in [-0.2, -0.15) is 0 Å². The minimum absolute atomic E-state index is 0.469. The lowest BCUT2D eigenvalue weighted by atomic mass is 10.00. The highest BCUT2D eigenvalue weighted by atomic mass is 34.0. The van der Waals surface area contributed by atoms with E-state index in [-0.39, 0.29) is 0 Å². The molecule has 0 amide bonds. The maximum Gasteiger partial charge on any atom is 0.0834 e. The van der Waals surface area contributed by atoms with Crippen LogP contribution in [-0.4, -0.2) is 4.08 Å². The molecule has 0 aromatic heterocycles. The summed E-state index contributed by atoms with van der Waals surface area (Å²) in [6, 6.07) is 0. The third-order valence-corrected chi connectivity index (χ3v) is 26.2. The first-order valence-electron chi connectivity index (χ1n) is 4.78. The molecule has 0 unspecified atom stereocenters. The molecule has 1 aliphatic carbocycles. The fourth-order valence-electron chi connectivity index (χ4n) is 1.50. The van der Waals surface area contributed by atoms with E-state index in [4.69, 9.17) is 0 Å². The van der Waals surface area contributed by atoms with Crippen LogP contribution in [0, 0.1) is 0 Å². The van der Waals surface area contributed by atoms with E-state index < -0.39 is 0 Å². The lowest BCUT2D eigenvalue weighted by molar-refractivity contribution is 0.494. The van der Waals surface area contributed by atoms with Crippen molar-refractivity contribution < 1.29 is 0 Å². The van der Waals surface area contributed by atoms with Crippen LogP contribution in [0.2, 0.25) is 0 Å². The standard InChI is InChI=1S/C6H10S11/c1-2-4-6(5-3-1)7-9-11-13-15-17-16-14-12-10-8-6/h1-5H2. The summed E-state index contributed by atoms with van der Waals surface area (Å²) in [7, 11) is 21.4. The number of rotatable bonds is 0. The average molecular weight is 435 g/mol. The molecule has 2 fully saturated rings. The van der Waals surface area contributed by atoms with Crippen molar-refractivity contribution in [2.24, 2.45) is 0 Å². The normalized spacial score (nSPS) is 28.2. The Kier molecular flexibility index (Phi) is 10.7. The van der Waals surface area contributed by atoms with Gasteiger partial charge in [0, 0.05) is 0 Å². The molecular formula is C6H10S11. The summed E-state index contributed by atoms with van der Waals surface area (Å²) in [5, 5.41) is 0. The summed E-state index contributed by atoms with van der Waals surface area (Å²) >= 11 is 0. The molecule has 0 aromatic carbocycles. The summed E-state index contributed by atoms with van der Waals surface area (Å²) in [4.78, 5) is 0. The molecular weight excluding hydrogens is 425 g/mol. The Morgan fingerprint density at radius 3 is 1.35 bits per heavy atom. The molecule has 0 aromatic rings. The Hall–Kier alpha value is 3.85. The Bertz CT molecular complexity index is 190. The summed E-state index contributed by atoms with van der Waals surface area (Å²) in [6.07, 6.45) is 7.03. The summed E-state index contributed by atoms with van der Waals surface area (Å²) in [5.41, 5.74) is 0. The zero-order valence-electron chi connectivity index (χ0n) is 8.53. The van der Waals surface area contributed by atoms with Gasteiger partial charge in [0.05, 0.1) is 4.08 Å². The van der Waals surface area contributed by atoms with Gasteiger partial charge in [0.2, 0.25) is 0 Å². The van der Waals surface area contributed by atoms with Gasteiger partial charge in [0.25, 0.3) is 0 Å². The van der Waals surface area contributed by atoms with Gasteiger partial charge in [-0.3, -0.25) is 0 Å². The van der Waals surface area contributed by atoms with Gasteiger partial charge in [-0.1, -0.05) is 40.9 Å². The quantitative estimate of drug-likeness (QED) is 0.335. The Labute approximate surface area is 144 Å². The molecule has 2 rings (SSSR count). The van der Waals surface area contributed by atoms with E-state index in [2.05, 4.69) is 21.6 Å². The molecule has 1 saturated heterocycles. The molecule has 1 heterocycles. The summed E-state index contributed by atoms with van der Waals surface area (Å²) in [6.45, 7) is 0. The zero-order chi connectivity index (χ0) is 11.8. The Balaban J connectivity index is 1.83. The predicted molar refractivity (Wildman–Crippen MR) is 109 cm³/mol. The number of hydrogen-bond acceptors (Lipinski definition) is 11. The fraction of sp³-hybridized carbons (Fsp3) is 1.00. The van der Waals surface area contributed by atoms with E-state index in [0.717, 1.165) is 0 Å². The van der Waals surface area contributed by atoms with Gasteiger partial charge in [-0.15, -0.1) is 0 Å².